The molecule has 2 aromatic rings. The zero-order valence-electron chi connectivity index (χ0n) is 14.2. The molecule has 1 atom stereocenters. The third-order valence-electron chi connectivity index (χ3n) is 5.19. The summed E-state index contributed by atoms with van der Waals surface area (Å²) in [6, 6.07) is 12.0. The molecule has 5 heteroatoms. The lowest BCUT2D eigenvalue weighted by atomic mass is 10.1. The van der Waals surface area contributed by atoms with Gasteiger partial charge in [0.2, 0.25) is 0 Å². The molecule has 4 rings (SSSR count). The lowest BCUT2D eigenvalue weighted by Gasteiger charge is -2.24. The van der Waals surface area contributed by atoms with Crippen molar-refractivity contribution in [3.63, 3.8) is 0 Å². The average molecular weight is 354 g/mol. The summed E-state index contributed by atoms with van der Waals surface area (Å²) in [4.78, 5) is 30.1. The fourth-order valence-electron chi connectivity index (χ4n) is 3.92. The summed E-state index contributed by atoms with van der Waals surface area (Å²) in [5, 5.41) is 2.15. The second-order valence-electron chi connectivity index (χ2n) is 6.72. The van der Waals surface area contributed by atoms with E-state index >= 15 is 0 Å². The maximum absolute atomic E-state index is 12.4. The van der Waals surface area contributed by atoms with Crippen LogP contribution in [0.25, 0.3) is 0 Å². The lowest BCUT2D eigenvalue weighted by Crippen LogP contribution is -2.31. The summed E-state index contributed by atoms with van der Waals surface area (Å²) in [6.07, 6.45) is 4.36. The average Bonchev–Trinajstić information content (AvgIpc) is 3.35. The number of benzene rings is 1. The van der Waals surface area contributed by atoms with E-state index < -0.39 is 0 Å². The number of hydrogen-bond acceptors (Lipinski definition) is 4. The molecule has 0 bridgehead atoms. The Labute approximate surface area is 152 Å². The van der Waals surface area contributed by atoms with Crippen molar-refractivity contribution >= 4 is 23.2 Å². The summed E-state index contributed by atoms with van der Waals surface area (Å²) in [6.45, 7) is 2.70. The zero-order chi connectivity index (χ0) is 17.2. The van der Waals surface area contributed by atoms with Crippen LogP contribution in [0.5, 0.6) is 0 Å². The molecule has 3 heterocycles. The summed E-state index contributed by atoms with van der Waals surface area (Å²) < 4.78 is 0. The molecule has 1 saturated heterocycles. The van der Waals surface area contributed by atoms with Crippen LogP contribution >= 0.6 is 11.3 Å². The van der Waals surface area contributed by atoms with E-state index in [2.05, 4.69) is 22.4 Å². The Morgan fingerprint density at radius 3 is 2.36 bits per heavy atom. The van der Waals surface area contributed by atoms with Gasteiger partial charge in [0.1, 0.15) is 0 Å². The first kappa shape index (κ1) is 16.5. The van der Waals surface area contributed by atoms with Gasteiger partial charge in [-0.15, -0.1) is 11.3 Å². The highest BCUT2D eigenvalue weighted by molar-refractivity contribution is 7.10. The first-order chi connectivity index (χ1) is 12.3. The number of hydrogen-bond donors (Lipinski definition) is 0. The van der Waals surface area contributed by atoms with Crippen molar-refractivity contribution in [2.45, 2.75) is 31.7 Å². The molecule has 1 aromatic carbocycles. The molecule has 0 N–H and O–H groups in total. The van der Waals surface area contributed by atoms with Gasteiger partial charge in [0, 0.05) is 17.5 Å². The van der Waals surface area contributed by atoms with Gasteiger partial charge in [-0.3, -0.25) is 19.4 Å². The molecule has 25 heavy (non-hydrogen) atoms. The maximum Gasteiger partial charge on any atom is 0.261 e. The van der Waals surface area contributed by atoms with E-state index in [0.717, 1.165) is 25.9 Å². The van der Waals surface area contributed by atoms with Crippen molar-refractivity contribution in [1.29, 1.82) is 0 Å². The molecule has 0 saturated carbocycles. The van der Waals surface area contributed by atoms with Crippen LogP contribution in [0.1, 0.15) is 57.3 Å². The number of rotatable bonds is 6. The molecule has 2 amide bonds. The Kier molecular flexibility index (Phi) is 4.68. The Balaban J connectivity index is 1.29. The van der Waals surface area contributed by atoms with E-state index in [4.69, 9.17) is 0 Å². The highest BCUT2D eigenvalue weighted by Gasteiger charge is 2.34. The summed E-state index contributed by atoms with van der Waals surface area (Å²) in [7, 11) is 0. The van der Waals surface area contributed by atoms with Gasteiger partial charge in [-0.1, -0.05) is 18.2 Å². The number of carbonyl (C=O) groups excluding carboxylic acids is 2. The molecule has 0 radical (unpaired) electrons. The quantitative estimate of drug-likeness (QED) is 0.582. The van der Waals surface area contributed by atoms with Crippen LogP contribution in [0, 0.1) is 0 Å². The molecular weight excluding hydrogens is 332 g/mol. The first-order valence-electron chi connectivity index (χ1n) is 8.98. The maximum atomic E-state index is 12.4. The van der Waals surface area contributed by atoms with Crippen LogP contribution in [-0.2, 0) is 0 Å². The Morgan fingerprint density at radius 1 is 0.960 bits per heavy atom. The van der Waals surface area contributed by atoms with Crippen LogP contribution in [0.2, 0.25) is 0 Å². The third-order valence-corrected chi connectivity index (χ3v) is 6.16. The van der Waals surface area contributed by atoms with E-state index in [1.807, 2.05) is 23.5 Å². The van der Waals surface area contributed by atoms with E-state index in [9.17, 15) is 9.59 Å². The smallest absolute Gasteiger partial charge is 0.261 e. The highest BCUT2D eigenvalue weighted by Crippen LogP contribution is 2.34. The number of amides is 2. The molecule has 2 aliphatic rings. The standard InChI is InChI=1S/C20H22N2O2S/c23-19-15-7-1-2-8-16(15)20(24)22(19)13-4-3-11-21-12-5-9-17(21)18-10-6-14-25-18/h1-2,6-8,10,14,17H,3-5,9,11-13H2. The predicted octanol–water partition coefficient (Wildman–Crippen LogP) is 3.96. The monoisotopic (exact) mass is 354 g/mol. The Hall–Kier alpha value is -1.98. The number of likely N-dealkylation sites (tertiary alicyclic amines) is 1. The van der Waals surface area contributed by atoms with Crippen molar-refractivity contribution in [3.8, 4) is 0 Å². The van der Waals surface area contributed by atoms with Crippen molar-refractivity contribution in [2.75, 3.05) is 19.6 Å². The first-order valence-corrected chi connectivity index (χ1v) is 9.86. The molecule has 1 unspecified atom stereocenters. The van der Waals surface area contributed by atoms with Crippen molar-refractivity contribution in [1.82, 2.24) is 9.80 Å². The van der Waals surface area contributed by atoms with Crippen molar-refractivity contribution < 1.29 is 9.59 Å². The normalized spacial score (nSPS) is 20.5. The molecular formula is C20H22N2O2S. The Morgan fingerprint density at radius 2 is 1.68 bits per heavy atom. The fourth-order valence-corrected chi connectivity index (χ4v) is 4.82. The van der Waals surface area contributed by atoms with Gasteiger partial charge in [0.15, 0.2) is 0 Å². The Bertz CT molecular complexity index is 737. The van der Waals surface area contributed by atoms with Gasteiger partial charge in [-0.05, 0) is 62.4 Å². The molecule has 0 aliphatic carbocycles. The van der Waals surface area contributed by atoms with Gasteiger partial charge in [-0.2, -0.15) is 0 Å². The van der Waals surface area contributed by atoms with Gasteiger partial charge in [0.05, 0.1) is 11.1 Å². The number of thiophene rings is 1. The van der Waals surface area contributed by atoms with E-state index in [1.54, 1.807) is 12.1 Å². The molecule has 4 nitrogen and oxygen atoms in total. The van der Waals surface area contributed by atoms with E-state index in [0.29, 0.717) is 23.7 Å². The van der Waals surface area contributed by atoms with Crippen molar-refractivity contribution in [3.05, 3.63) is 57.8 Å². The number of fused-ring (bicyclic) bond motifs is 1. The number of imide groups is 1. The molecule has 130 valence electrons. The van der Waals surface area contributed by atoms with Crippen LogP contribution < -0.4 is 0 Å². The van der Waals surface area contributed by atoms with Gasteiger partial charge in [0.25, 0.3) is 11.8 Å². The van der Waals surface area contributed by atoms with E-state index in [-0.39, 0.29) is 11.8 Å². The summed E-state index contributed by atoms with van der Waals surface area (Å²) >= 11 is 1.84. The van der Waals surface area contributed by atoms with Gasteiger partial charge < -0.3 is 0 Å². The predicted molar refractivity (Wildman–Crippen MR) is 98.9 cm³/mol. The molecule has 2 aliphatic heterocycles. The SMILES string of the molecule is O=C1c2ccccc2C(=O)N1CCCCN1CCCC1c1cccs1. The molecule has 0 spiro atoms. The second kappa shape index (κ2) is 7.10. The minimum atomic E-state index is -0.141. The summed E-state index contributed by atoms with van der Waals surface area (Å²) in [5.41, 5.74) is 1.09. The van der Waals surface area contributed by atoms with Crippen molar-refractivity contribution in [2.24, 2.45) is 0 Å². The molecule has 1 fully saturated rings. The minimum Gasteiger partial charge on any atom is -0.296 e. The zero-order valence-corrected chi connectivity index (χ0v) is 15.0. The minimum absolute atomic E-state index is 0.141. The van der Waals surface area contributed by atoms with Crippen LogP contribution in [0.3, 0.4) is 0 Å². The summed E-state index contributed by atoms with van der Waals surface area (Å²) in [5.74, 6) is -0.281. The van der Waals surface area contributed by atoms with Crippen LogP contribution in [0.15, 0.2) is 41.8 Å². The third kappa shape index (κ3) is 3.14. The largest absolute Gasteiger partial charge is 0.296 e. The number of carbonyl (C=O) groups is 2. The van der Waals surface area contributed by atoms with Crippen LogP contribution in [0.4, 0.5) is 0 Å². The fraction of sp³-hybridized carbons (Fsp3) is 0.400. The molecule has 1 aromatic heterocycles. The van der Waals surface area contributed by atoms with Gasteiger partial charge in [-0.25, -0.2) is 0 Å². The highest BCUT2D eigenvalue weighted by atomic mass is 32.1. The number of nitrogens with zero attached hydrogens (tertiary/aromatic N) is 2. The van der Waals surface area contributed by atoms with Crippen LogP contribution in [-0.4, -0.2) is 41.2 Å². The lowest BCUT2D eigenvalue weighted by molar-refractivity contribution is 0.0650. The topological polar surface area (TPSA) is 40.6 Å². The number of unbranched alkanes of at least 4 members (excludes halogenated alkanes) is 1. The van der Waals surface area contributed by atoms with E-state index in [1.165, 1.54) is 22.6 Å². The van der Waals surface area contributed by atoms with Gasteiger partial charge >= 0.3 is 0 Å². The second-order valence-corrected chi connectivity index (χ2v) is 7.70.